The van der Waals surface area contributed by atoms with Crippen molar-refractivity contribution in [2.24, 2.45) is 0 Å². The van der Waals surface area contributed by atoms with Gasteiger partial charge in [-0.25, -0.2) is 4.68 Å². The van der Waals surface area contributed by atoms with Gasteiger partial charge in [0.2, 0.25) is 5.43 Å². The van der Waals surface area contributed by atoms with Crippen LogP contribution in [0.4, 0.5) is 18.9 Å². The molecule has 0 aliphatic carbocycles. The highest BCUT2D eigenvalue weighted by molar-refractivity contribution is 6.02. The number of carbonyl (C=O) groups is 1. The van der Waals surface area contributed by atoms with E-state index in [9.17, 15) is 22.8 Å². The average molecular weight is 445 g/mol. The number of carbonyl (C=O) groups excluding carboxylic acids is 1. The summed E-state index contributed by atoms with van der Waals surface area (Å²) in [4.78, 5) is 25.2. The van der Waals surface area contributed by atoms with Gasteiger partial charge in [-0.1, -0.05) is 12.1 Å². The van der Waals surface area contributed by atoms with Crippen LogP contribution in [0.3, 0.4) is 0 Å². The maximum absolute atomic E-state index is 13.5. The Bertz CT molecular complexity index is 1240. The predicted octanol–water partition coefficient (Wildman–Crippen LogP) is 3.97. The van der Waals surface area contributed by atoms with E-state index >= 15 is 0 Å². The summed E-state index contributed by atoms with van der Waals surface area (Å²) in [5.74, 6) is 0.108. The maximum atomic E-state index is 13.5. The Labute approximate surface area is 180 Å². The van der Waals surface area contributed by atoms with Crippen molar-refractivity contribution in [3.05, 3.63) is 75.7 Å². The topological polar surface area (TPSA) is 82.5 Å². The second-order valence-corrected chi connectivity index (χ2v) is 7.09. The highest BCUT2D eigenvalue weighted by Crippen LogP contribution is 2.34. The lowest BCUT2D eigenvalue weighted by Crippen LogP contribution is -2.27. The van der Waals surface area contributed by atoms with Gasteiger partial charge in [0.1, 0.15) is 0 Å². The molecular formula is C22H18F3N3O4. The minimum Gasteiger partial charge on any atom is -0.490 e. The van der Waals surface area contributed by atoms with E-state index in [1.807, 2.05) is 0 Å². The minimum atomic E-state index is -4.64. The van der Waals surface area contributed by atoms with E-state index in [4.69, 9.17) is 9.47 Å². The number of halogens is 3. The standard InChI is InChI=1S/C22H18F3N3O4/c1-13-11-17(29)20(27-28(13)16-6-3-2-5-15(16)22(23,24)25)21(30)26-14-7-8-18-19(12-14)32-10-4-9-31-18/h2-3,5-8,11-12H,4,9-10H2,1H3,(H,26,30). The lowest BCUT2D eigenvalue weighted by Gasteiger charge is -2.16. The number of alkyl halides is 3. The number of nitrogens with zero attached hydrogens (tertiary/aromatic N) is 2. The van der Waals surface area contributed by atoms with Crippen LogP contribution in [0, 0.1) is 6.92 Å². The van der Waals surface area contributed by atoms with Gasteiger partial charge in [0.05, 0.1) is 24.5 Å². The molecule has 0 unspecified atom stereocenters. The van der Waals surface area contributed by atoms with Crippen LogP contribution in [0.1, 0.15) is 28.2 Å². The molecule has 0 saturated carbocycles. The first kappa shape index (κ1) is 21.4. The Morgan fingerprint density at radius 3 is 2.53 bits per heavy atom. The van der Waals surface area contributed by atoms with Gasteiger partial charge in [0.15, 0.2) is 17.2 Å². The van der Waals surface area contributed by atoms with Crippen molar-refractivity contribution in [3.8, 4) is 17.2 Å². The number of para-hydroxylation sites is 1. The molecule has 4 rings (SSSR count). The van der Waals surface area contributed by atoms with Gasteiger partial charge >= 0.3 is 6.18 Å². The van der Waals surface area contributed by atoms with E-state index in [1.54, 1.807) is 18.2 Å². The van der Waals surface area contributed by atoms with Crippen LogP contribution in [0.15, 0.2) is 53.3 Å². The van der Waals surface area contributed by atoms with Crippen molar-refractivity contribution in [1.29, 1.82) is 0 Å². The van der Waals surface area contributed by atoms with E-state index in [1.165, 1.54) is 25.1 Å². The van der Waals surface area contributed by atoms with Crippen LogP contribution in [0.25, 0.3) is 5.69 Å². The Kier molecular flexibility index (Phi) is 5.60. The fraction of sp³-hybridized carbons (Fsp3) is 0.227. The molecule has 0 fully saturated rings. The number of ether oxygens (including phenoxy) is 2. The van der Waals surface area contributed by atoms with Crippen molar-refractivity contribution < 1.29 is 27.4 Å². The maximum Gasteiger partial charge on any atom is 0.418 e. The quantitative estimate of drug-likeness (QED) is 0.660. The molecule has 1 aromatic heterocycles. The van der Waals surface area contributed by atoms with Gasteiger partial charge < -0.3 is 14.8 Å². The van der Waals surface area contributed by atoms with Crippen LogP contribution in [0.2, 0.25) is 0 Å². The molecule has 1 amide bonds. The SMILES string of the molecule is Cc1cc(=O)c(C(=O)Nc2ccc3c(c2)OCCCO3)nn1-c1ccccc1C(F)(F)F. The second-order valence-electron chi connectivity index (χ2n) is 7.09. The van der Waals surface area contributed by atoms with Gasteiger partial charge in [0, 0.05) is 29.9 Å². The Balaban J connectivity index is 1.69. The summed E-state index contributed by atoms with van der Waals surface area (Å²) in [7, 11) is 0. The van der Waals surface area contributed by atoms with E-state index < -0.39 is 28.8 Å². The van der Waals surface area contributed by atoms with Crippen molar-refractivity contribution in [1.82, 2.24) is 9.78 Å². The van der Waals surface area contributed by atoms with Gasteiger partial charge in [-0.05, 0) is 31.2 Å². The zero-order valence-electron chi connectivity index (χ0n) is 16.9. The number of aromatic nitrogens is 2. The number of aryl methyl sites for hydroxylation is 1. The van der Waals surface area contributed by atoms with E-state index in [0.29, 0.717) is 36.8 Å². The average Bonchev–Trinajstić information content (AvgIpc) is 2.98. The fourth-order valence-electron chi connectivity index (χ4n) is 3.28. The van der Waals surface area contributed by atoms with Crippen molar-refractivity contribution in [3.63, 3.8) is 0 Å². The van der Waals surface area contributed by atoms with Gasteiger partial charge in [0.25, 0.3) is 5.91 Å². The number of hydrogen-bond acceptors (Lipinski definition) is 5. The molecule has 7 nitrogen and oxygen atoms in total. The molecule has 10 heteroatoms. The van der Waals surface area contributed by atoms with Crippen molar-refractivity contribution in [2.45, 2.75) is 19.5 Å². The summed E-state index contributed by atoms with van der Waals surface area (Å²) in [5, 5.41) is 6.49. The predicted molar refractivity (Wildman–Crippen MR) is 110 cm³/mol. The Morgan fingerprint density at radius 2 is 1.78 bits per heavy atom. The normalized spacial score (nSPS) is 13.4. The number of amides is 1. The number of fused-ring (bicyclic) bond motifs is 1. The Morgan fingerprint density at radius 1 is 1.06 bits per heavy atom. The molecule has 1 aliphatic rings. The number of hydrogen-bond donors (Lipinski definition) is 1. The molecule has 1 N–H and O–H groups in total. The third-order valence-electron chi connectivity index (χ3n) is 4.77. The molecule has 3 aromatic rings. The smallest absolute Gasteiger partial charge is 0.418 e. The van der Waals surface area contributed by atoms with Crippen LogP contribution in [-0.2, 0) is 6.18 Å². The molecule has 0 bridgehead atoms. The second kappa shape index (κ2) is 8.37. The van der Waals surface area contributed by atoms with Crippen LogP contribution in [0.5, 0.6) is 11.5 Å². The number of anilines is 1. The van der Waals surface area contributed by atoms with E-state index in [2.05, 4.69) is 10.4 Å². The summed E-state index contributed by atoms with van der Waals surface area (Å²) in [6.07, 6.45) is -3.93. The molecule has 2 heterocycles. The summed E-state index contributed by atoms with van der Waals surface area (Å²) >= 11 is 0. The minimum absolute atomic E-state index is 0.152. The first-order valence-electron chi connectivity index (χ1n) is 9.72. The summed E-state index contributed by atoms with van der Waals surface area (Å²) in [6, 6.07) is 10.6. The zero-order valence-corrected chi connectivity index (χ0v) is 16.9. The molecule has 0 radical (unpaired) electrons. The molecule has 1 aliphatic heterocycles. The lowest BCUT2D eigenvalue weighted by molar-refractivity contribution is -0.137. The highest BCUT2D eigenvalue weighted by Gasteiger charge is 2.34. The lowest BCUT2D eigenvalue weighted by atomic mass is 10.1. The number of nitrogens with one attached hydrogen (secondary N) is 1. The first-order chi connectivity index (χ1) is 15.2. The van der Waals surface area contributed by atoms with Gasteiger partial charge in [-0.2, -0.15) is 18.3 Å². The molecular weight excluding hydrogens is 427 g/mol. The van der Waals surface area contributed by atoms with E-state index in [0.717, 1.165) is 16.8 Å². The van der Waals surface area contributed by atoms with Crippen LogP contribution in [-0.4, -0.2) is 28.9 Å². The number of benzene rings is 2. The zero-order chi connectivity index (χ0) is 22.9. The molecule has 0 saturated heterocycles. The van der Waals surface area contributed by atoms with Gasteiger partial charge in [-0.15, -0.1) is 0 Å². The Hall–Kier alpha value is -3.82. The summed E-state index contributed by atoms with van der Waals surface area (Å²) in [5.41, 5.74) is -2.01. The van der Waals surface area contributed by atoms with Gasteiger partial charge in [-0.3, -0.25) is 9.59 Å². The number of rotatable bonds is 3. The fourth-order valence-corrected chi connectivity index (χ4v) is 3.28. The van der Waals surface area contributed by atoms with Crippen LogP contribution < -0.4 is 20.2 Å². The summed E-state index contributed by atoms with van der Waals surface area (Å²) in [6.45, 7) is 2.39. The van der Waals surface area contributed by atoms with E-state index in [-0.39, 0.29) is 11.4 Å². The monoisotopic (exact) mass is 445 g/mol. The molecule has 0 spiro atoms. The molecule has 2 aromatic carbocycles. The third-order valence-corrected chi connectivity index (χ3v) is 4.77. The highest BCUT2D eigenvalue weighted by atomic mass is 19.4. The molecule has 0 atom stereocenters. The largest absolute Gasteiger partial charge is 0.490 e. The first-order valence-corrected chi connectivity index (χ1v) is 9.72. The molecule has 166 valence electrons. The van der Waals surface area contributed by atoms with Crippen LogP contribution >= 0.6 is 0 Å². The molecule has 32 heavy (non-hydrogen) atoms. The summed E-state index contributed by atoms with van der Waals surface area (Å²) < 4.78 is 52.4. The van der Waals surface area contributed by atoms with Crippen molar-refractivity contribution >= 4 is 11.6 Å². The third kappa shape index (κ3) is 4.29. The van der Waals surface area contributed by atoms with Crippen molar-refractivity contribution in [2.75, 3.05) is 18.5 Å².